The minimum absolute atomic E-state index is 0.0274. The average Bonchev–Trinajstić information content (AvgIpc) is 2.38. The Balaban J connectivity index is 2.15. The molecule has 0 spiro atoms. The fourth-order valence-corrected chi connectivity index (χ4v) is 4.27. The van der Waals surface area contributed by atoms with E-state index in [0.29, 0.717) is 19.4 Å². The molecule has 2 aliphatic rings. The molecule has 2 amide bonds. The molecular weight excluding hydrogens is 256 g/mol. The highest BCUT2D eigenvalue weighted by molar-refractivity contribution is 7.91. The van der Waals surface area contributed by atoms with Gasteiger partial charge in [0.05, 0.1) is 11.5 Å². The van der Waals surface area contributed by atoms with E-state index in [2.05, 4.69) is 5.32 Å². The first-order valence-electron chi connectivity index (χ1n) is 6.19. The lowest BCUT2D eigenvalue weighted by atomic mass is 10.1. The standard InChI is InChI=1S/C11H18N2O4S/c1-8-11(15)13(5-4-10(14)12-8)9-3-2-6-18(16,17)7-9/h8-9H,2-7H2,1H3,(H,12,14). The van der Waals surface area contributed by atoms with Crippen LogP contribution < -0.4 is 5.32 Å². The van der Waals surface area contributed by atoms with Gasteiger partial charge in [-0.2, -0.15) is 0 Å². The monoisotopic (exact) mass is 274 g/mol. The Labute approximate surface area is 107 Å². The molecule has 0 aromatic carbocycles. The van der Waals surface area contributed by atoms with Gasteiger partial charge in [0.15, 0.2) is 9.84 Å². The second-order valence-corrected chi connectivity index (χ2v) is 7.21. The zero-order chi connectivity index (χ0) is 13.3. The number of hydrogen-bond acceptors (Lipinski definition) is 4. The number of nitrogens with one attached hydrogen (secondary N) is 1. The Morgan fingerprint density at radius 1 is 1.33 bits per heavy atom. The summed E-state index contributed by atoms with van der Waals surface area (Å²) in [4.78, 5) is 25.1. The van der Waals surface area contributed by atoms with Crippen molar-refractivity contribution in [3.8, 4) is 0 Å². The molecule has 0 aromatic heterocycles. The molecule has 0 bridgehead atoms. The molecule has 6 nitrogen and oxygen atoms in total. The van der Waals surface area contributed by atoms with Crippen molar-refractivity contribution in [3.05, 3.63) is 0 Å². The van der Waals surface area contributed by atoms with Crippen LogP contribution in [0.3, 0.4) is 0 Å². The Hall–Kier alpha value is -1.11. The van der Waals surface area contributed by atoms with Gasteiger partial charge in [0.25, 0.3) is 0 Å². The molecule has 2 atom stereocenters. The highest BCUT2D eigenvalue weighted by Gasteiger charge is 2.35. The van der Waals surface area contributed by atoms with Gasteiger partial charge in [-0.15, -0.1) is 0 Å². The predicted octanol–water partition coefficient (Wildman–Crippen LogP) is -0.699. The van der Waals surface area contributed by atoms with E-state index < -0.39 is 15.9 Å². The first-order chi connectivity index (χ1) is 8.39. The highest BCUT2D eigenvalue weighted by atomic mass is 32.2. The van der Waals surface area contributed by atoms with Crippen LogP contribution in [0.2, 0.25) is 0 Å². The number of carbonyl (C=O) groups is 2. The van der Waals surface area contributed by atoms with E-state index >= 15 is 0 Å². The molecular formula is C11H18N2O4S. The summed E-state index contributed by atoms with van der Waals surface area (Å²) in [5, 5.41) is 2.60. The first-order valence-corrected chi connectivity index (χ1v) is 8.01. The zero-order valence-corrected chi connectivity index (χ0v) is 11.2. The molecule has 0 saturated carbocycles. The number of carbonyl (C=O) groups excluding carboxylic acids is 2. The van der Waals surface area contributed by atoms with Crippen LogP contribution in [-0.4, -0.2) is 55.3 Å². The van der Waals surface area contributed by atoms with Crippen molar-refractivity contribution in [2.45, 2.75) is 38.3 Å². The smallest absolute Gasteiger partial charge is 0.245 e. The van der Waals surface area contributed by atoms with E-state index in [4.69, 9.17) is 0 Å². The summed E-state index contributed by atoms with van der Waals surface area (Å²) < 4.78 is 23.2. The van der Waals surface area contributed by atoms with Crippen LogP contribution in [-0.2, 0) is 19.4 Å². The third-order valence-corrected chi connectivity index (χ3v) is 5.29. The maximum atomic E-state index is 12.1. The van der Waals surface area contributed by atoms with E-state index in [0.717, 1.165) is 0 Å². The summed E-state index contributed by atoms with van der Waals surface area (Å²) in [6, 6.07) is -0.837. The highest BCUT2D eigenvalue weighted by Crippen LogP contribution is 2.20. The van der Waals surface area contributed by atoms with Gasteiger partial charge >= 0.3 is 0 Å². The maximum Gasteiger partial charge on any atom is 0.245 e. The summed E-state index contributed by atoms with van der Waals surface area (Å²) in [6.07, 6.45) is 1.53. The van der Waals surface area contributed by atoms with Crippen molar-refractivity contribution in [3.63, 3.8) is 0 Å². The second-order valence-electron chi connectivity index (χ2n) is 4.98. The van der Waals surface area contributed by atoms with Crippen LogP contribution in [0.1, 0.15) is 26.2 Å². The molecule has 1 N–H and O–H groups in total. The summed E-state index contributed by atoms with van der Waals surface area (Å²) in [5.74, 6) is -0.0993. The summed E-state index contributed by atoms with van der Waals surface area (Å²) in [6.45, 7) is 1.95. The van der Waals surface area contributed by atoms with E-state index in [-0.39, 0.29) is 35.8 Å². The second kappa shape index (κ2) is 4.87. The predicted molar refractivity (Wildman–Crippen MR) is 65.6 cm³/mol. The Kier molecular flexibility index (Phi) is 3.61. The number of nitrogens with zero attached hydrogens (tertiary/aromatic N) is 1. The zero-order valence-electron chi connectivity index (χ0n) is 10.4. The molecule has 0 aromatic rings. The lowest BCUT2D eigenvalue weighted by molar-refractivity contribution is -0.134. The van der Waals surface area contributed by atoms with Crippen LogP contribution in [0.4, 0.5) is 0 Å². The van der Waals surface area contributed by atoms with Gasteiger partial charge in [0, 0.05) is 19.0 Å². The molecule has 2 fully saturated rings. The van der Waals surface area contributed by atoms with Crippen molar-refractivity contribution < 1.29 is 18.0 Å². The fraction of sp³-hybridized carbons (Fsp3) is 0.818. The topological polar surface area (TPSA) is 83.6 Å². The molecule has 7 heteroatoms. The quantitative estimate of drug-likeness (QED) is 0.685. The van der Waals surface area contributed by atoms with Crippen LogP contribution in [0.5, 0.6) is 0 Å². The van der Waals surface area contributed by atoms with Crippen LogP contribution in [0, 0.1) is 0 Å². The third-order valence-electron chi connectivity index (χ3n) is 3.49. The van der Waals surface area contributed by atoms with Gasteiger partial charge < -0.3 is 10.2 Å². The number of amides is 2. The van der Waals surface area contributed by atoms with Gasteiger partial charge in [-0.3, -0.25) is 9.59 Å². The van der Waals surface area contributed by atoms with Crippen molar-refractivity contribution in [1.82, 2.24) is 10.2 Å². The van der Waals surface area contributed by atoms with E-state index in [9.17, 15) is 18.0 Å². The largest absolute Gasteiger partial charge is 0.345 e. The lowest BCUT2D eigenvalue weighted by Gasteiger charge is -2.33. The number of sulfone groups is 1. The number of rotatable bonds is 1. The molecule has 2 aliphatic heterocycles. The van der Waals surface area contributed by atoms with E-state index in [1.54, 1.807) is 11.8 Å². The first kappa shape index (κ1) is 13.3. The van der Waals surface area contributed by atoms with Crippen LogP contribution in [0.25, 0.3) is 0 Å². The molecule has 2 unspecified atom stereocenters. The molecule has 0 radical (unpaired) electrons. The molecule has 2 rings (SSSR count). The summed E-state index contributed by atoms with van der Waals surface area (Å²) in [5.41, 5.74) is 0. The van der Waals surface area contributed by atoms with Crippen molar-refractivity contribution in [2.24, 2.45) is 0 Å². The Bertz CT molecular complexity index is 460. The normalized spacial score (nSPS) is 32.8. The lowest BCUT2D eigenvalue weighted by Crippen LogP contribution is -2.50. The minimum Gasteiger partial charge on any atom is -0.345 e. The summed E-state index contributed by atoms with van der Waals surface area (Å²) >= 11 is 0. The van der Waals surface area contributed by atoms with Gasteiger partial charge in [-0.05, 0) is 19.8 Å². The van der Waals surface area contributed by atoms with Crippen molar-refractivity contribution >= 4 is 21.7 Å². The van der Waals surface area contributed by atoms with Crippen molar-refractivity contribution in [2.75, 3.05) is 18.1 Å². The minimum atomic E-state index is -3.05. The number of hydrogen-bond donors (Lipinski definition) is 1. The van der Waals surface area contributed by atoms with E-state index in [1.807, 2.05) is 0 Å². The Morgan fingerprint density at radius 3 is 2.72 bits per heavy atom. The van der Waals surface area contributed by atoms with Gasteiger partial charge in [0.2, 0.25) is 11.8 Å². The SMILES string of the molecule is CC1NC(=O)CCN(C2CCCS(=O)(=O)C2)C1=O. The average molecular weight is 274 g/mol. The molecule has 2 heterocycles. The van der Waals surface area contributed by atoms with Gasteiger partial charge in [-0.25, -0.2) is 8.42 Å². The molecule has 18 heavy (non-hydrogen) atoms. The van der Waals surface area contributed by atoms with Gasteiger partial charge in [0.1, 0.15) is 6.04 Å². The third kappa shape index (κ3) is 2.82. The molecule has 2 saturated heterocycles. The summed E-state index contributed by atoms with van der Waals surface area (Å²) in [7, 11) is -3.05. The van der Waals surface area contributed by atoms with Gasteiger partial charge in [-0.1, -0.05) is 0 Å². The maximum absolute atomic E-state index is 12.1. The molecule has 102 valence electrons. The van der Waals surface area contributed by atoms with E-state index in [1.165, 1.54) is 0 Å². The van der Waals surface area contributed by atoms with Crippen LogP contribution in [0.15, 0.2) is 0 Å². The Morgan fingerprint density at radius 2 is 2.06 bits per heavy atom. The fourth-order valence-electron chi connectivity index (χ4n) is 2.56. The molecule has 0 aliphatic carbocycles. The van der Waals surface area contributed by atoms with Crippen molar-refractivity contribution in [1.29, 1.82) is 0 Å². The van der Waals surface area contributed by atoms with Crippen LogP contribution >= 0.6 is 0 Å².